The zero-order chi connectivity index (χ0) is 16.9. The summed E-state index contributed by atoms with van der Waals surface area (Å²) in [6, 6.07) is 10.2. The van der Waals surface area contributed by atoms with Crippen LogP contribution in [0.3, 0.4) is 0 Å². The van der Waals surface area contributed by atoms with Crippen molar-refractivity contribution < 1.29 is 9.21 Å². The zero-order valence-corrected chi connectivity index (χ0v) is 16.8. The van der Waals surface area contributed by atoms with E-state index in [1.165, 1.54) is 5.56 Å². The number of carbonyl (C=O) groups is 1. The van der Waals surface area contributed by atoms with Crippen molar-refractivity contribution in [1.82, 2.24) is 10.2 Å². The van der Waals surface area contributed by atoms with Gasteiger partial charge >= 0.3 is 0 Å². The molecule has 0 unspecified atom stereocenters. The summed E-state index contributed by atoms with van der Waals surface area (Å²) in [7, 11) is 0. The number of halogens is 2. The van der Waals surface area contributed by atoms with Crippen LogP contribution in [-0.4, -0.2) is 30.4 Å². The lowest BCUT2D eigenvalue weighted by Gasteiger charge is -2.15. The Balaban J connectivity index is 0.00000225. The van der Waals surface area contributed by atoms with E-state index in [-0.39, 0.29) is 12.4 Å². The summed E-state index contributed by atoms with van der Waals surface area (Å²) >= 11 is 3.49. The Morgan fingerprint density at radius 2 is 2.12 bits per heavy atom. The van der Waals surface area contributed by atoms with E-state index >= 15 is 0 Å². The fourth-order valence-electron chi connectivity index (χ4n) is 3.07. The van der Waals surface area contributed by atoms with Crippen molar-refractivity contribution in [1.29, 1.82) is 0 Å². The summed E-state index contributed by atoms with van der Waals surface area (Å²) in [5.74, 6) is 2.14. The predicted octanol–water partition coefficient (Wildman–Crippen LogP) is 4.54. The SMILES string of the molecule is Cc1cc(Br)ccc1-c1ccc(CNCCCN2CCCC2=O)o1.Cl. The lowest BCUT2D eigenvalue weighted by Crippen LogP contribution is -2.28. The van der Waals surface area contributed by atoms with E-state index in [1.807, 2.05) is 23.1 Å². The minimum atomic E-state index is 0. The molecule has 1 amide bonds. The van der Waals surface area contributed by atoms with Crippen LogP contribution < -0.4 is 5.32 Å². The van der Waals surface area contributed by atoms with Crippen LogP contribution in [0.5, 0.6) is 0 Å². The average Bonchev–Trinajstić information content (AvgIpc) is 3.17. The lowest BCUT2D eigenvalue weighted by atomic mass is 10.1. The second-order valence-electron chi connectivity index (χ2n) is 6.24. The Morgan fingerprint density at radius 3 is 2.84 bits per heavy atom. The summed E-state index contributed by atoms with van der Waals surface area (Å²) in [5.41, 5.74) is 2.31. The standard InChI is InChI=1S/C19H23BrN2O2.ClH/c1-14-12-15(20)5-7-17(14)18-8-6-16(24-18)13-21-9-3-11-22-10-2-4-19(22)23;/h5-8,12,21H,2-4,9-11,13H2,1H3;1H. The maximum Gasteiger partial charge on any atom is 0.222 e. The summed E-state index contributed by atoms with van der Waals surface area (Å²) in [5, 5.41) is 3.39. The number of furan rings is 1. The van der Waals surface area contributed by atoms with E-state index in [2.05, 4.69) is 40.3 Å². The van der Waals surface area contributed by atoms with Crippen molar-refractivity contribution >= 4 is 34.2 Å². The molecular formula is C19H24BrClN2O2. The van der Waals surface area contributed by atoms with Crippen LogP contribution in [0.1, 0.15) is 30.6 Å². The number of nitrogens with one attached hydrogen (secondary N) is 1. The third-order valence-electron chi connectivity index (χ3n) is 4.37. The van der Waals surface area contributed by atoms with Gasteiger partial charge in [-0.1, -0.05) is 15.9 Å². The minimum absolute atomic E-state index is 0. The Bertz CT molecular complexity index is 717. The fourth-order valence-corrected chi connectivity index (χ4v) is 3.54. The molecule has 1 saturated heterocycles. The molecule has 0 bridgehead atoms. The monoisotopic (exact) mass is 426 g/mol. The highest BCUT2D eigenvalue weighted by Crippen LogP contribution is 2.27. The molecule has 0 saturated carbocycles. The van der Waals surface area contributed by atoms with Gasteiger partial charge in [-0.05, 0) is 62.2 Å². The Kier molecular flexibility index (Phi) is 7.54. The van der Waals surface area contributed by atoms with Gasteiger partial charge < -0.3 is 14.6 Å². The number of hydrogen-bond donors (Lipinski definition) is 1. The molecule has 0 atom stereocenters. The van der Waals surface area contributed by atoms with Gasteiger partial charge in [-0.2, -0.15) is 0 Å². The molecule has 1 aromatic carbocycles. The van der Waals surface area contributed by atoms with E-state index < -0.39 is 0 Å². The molecule has 25 heavy (non-hydrogen) atoms. The van der Waals surface area contributed by atoms with E-state index in [4.69, 9.17) is 4.42 Å². The number of carbonyl (C=O) groups excluding carboxylic acids is 1. The molecule has 136 valence electrons. The molecule has 2 heterocycles. The quantitative estimate of drug-likeness (QED) is 0.660. The lowest BCUT2D eigenvalue weighted by molar-refractivity contribution is -0.127. The smallest absolute Gasteiger partial charge is 0.222 e. The Hall–Kier alpha value is -1.30. The zero-order valence-electron chi connectivity index (χ0n) is 14.4. The number of rotatable bonds is 7. The maximum atomic E-state index is 11.5. The average molecular weight is 428 g/mol. The van der Waals surface area contributed by atoms with E-state index in [1.54, 1.807) is 0 Å². The number of aryl methyl sites for hydroxylation is 1. The molecule has 2 aromatic rings. The number of amides is 1. The molecular weight excluding hydrogens is 404 g/mol. The van der Waals surface area contributed by atoms with Crippen molar-refractivity contribution in [2.24, 2.45) is 0 Å². The highest BCUT2D eigenvalue weighted by atomic mass is 79.9. The topological polar surface area (TPSA) is 45.5 Å². The summed E-state index contributed by atoms with van der Waals surface area (Å²) < 4.78 is 7.02. The number of benzene rings is 1. The van der Waals surface area contributed by atoms with Crippen molar-refractivity contribution in [3.05, 3.63) is 46.1 Å². The maximum absolute atomic E-state index is 11.5. The van der Waals surface area contributed by atoms with Crippen LogP contribution in [0.2, 0.25) is 0 Å². The first-order valence-electron chi connectivity index (χ1n) is 8.47. The largest absolute Gasteiger partial charge is 0.460 e. The molecule has 0 spiro atoms. The normalized spacial score (nSPS) is 14.0. The van der Waals surface area contributed by atoms with Gasteiger partial charge in [0.1, 0.15) is 11.5 Å². The number of likely N-dealkylation sites (tertiary alicyclic amines) is 1. The molecule has 0 radical (unpaired) electrons. The van der Waals surface area contributed by atoms with Crippen LogP contribution in [0.25, 0.3) is 11.3 Å². The van der Waals surface area contributed by atoms with E-state index in [0.29, 0.717) is 12.5 Å². The molecule has 1 aliphatic rings. The molecule has 0 aliphatic carbocycles. The van der Waals surface area contributed by atoms with Gasteiger partial charge in [0.25, 0.3) is 0 Å². The van der Waals surface area contributed by atoms with Gasteiger partial charge in [0.05, 0.1) is 6.54 Å². The second-order valence-corrected chi connectivity index (χ2v) is 7.16. The summed E-state index contributed by atoms with van der Waals surface area (Å²) in [4.78, 5) is 13.5. The van der Waals surface area contributed by atoms with Gasteiger partial charge in [-0.25, -0.2) is 0 Å². The summed E-state index contributed by atoms with van der Waals surface area (Å²) in [6.45, 7) is 5.46. The Morgan fingerprint density at radius 1 is 1.28 bits per heavy atom. The van der Waals surface area contributed by atoms with Crippen LogP contribution >= 0.6 is 28.3 Å². The summed E-state index contributed by atoms with van der Waals surface area (Å²) in [6.07, 6.45) is 2.71. The molecule has 1 N–H and O–H groups in total. The molecule has 4 nitrogen and oxygen atoms in total. The van der Waals surface area contributed by atoms with Crippen LogP contribution in [0.4, 0.5) is 0 Å². The van der Waals surface area contributed by atoms with Gasteiger partial charge in [-0.3, -0.25) is 4.79 Å². The Labute approximate surface area is 163 Å². The number of nitrogens with zero attached hydrogens (tertiary/aromatic N) is 1. The molecule has 3 rings (SSSR count). The molecule has 1 fully saturated rings. The first-order valence-corrected chi connectivity index (χ1v) is 9.26. The highest BCUT2D eigenvalue weighted by molar-refractivity contribution is 9.10. The first-order chi connectivity index (χ1) is 11.6. The van der Waals surface area contributed by atoms with Gasteiger partial charge in [0, 0.05) is 29.5 Å². The van der Waals surface area contributed by atoms with Crippen molar-refractivity contribution in [2.75, 3.05) is 19.6 Å². The predicted molar refractivity (Wildman–Crippen MR) is 106 cm³/mol. The molecule has 1 aromatic heterocycles. The fraction of sp³-hybridized carbons (Fsp3) is 0.421. The molecule has 1 aliphatic heterocycles. The van der Waals surface area contributed by atoms with E-state index in [9.17, 15) is 4.79 Å². The van der Waals surface area contributed by atoms with Crippen LogP contribution in [-0.2, 0) is 11.3 Å². The third kappa shape index (κ3) is 5.33. The minimum Gasteiger partial charge on any atom is -0.460 e. The van der Waals surface area contributed by atoms with Gasteiger partial charge in [0.2, 0.25) is 5.91 Å². The highest BCUT2D eigenvalue weighted by Gasteiger charge is 2.18. The second kappa shape index (κ2) is 9.41. The first kappa shape index (κ1) is 20.0. The van der Waals surface area contributed by atoms with Gasteiger partial charge in [0.15, 0.2) is 0 Å². The van der Waals surface area contributed by atoms with Crippen LogP contribution in [0, 0.1) is 6.92 Å². The third-order valence-corrected chi connectivity index (χ3v) is 4.86. The number of hydrogen-bond acceptors (Lipinski definition) is 3. The van der Waals surface area contributed by atoms with Crippen molar-refractivity contribution in [2.45, 2.75) is 32.7 Å². The molecule has 6 heteroatoms. The van der Waals surface area contributed by atoms with Gasteiger partial charge in [-0.15, -0.1) is 12.4 Å². The van der Waals surface area contributed by atoms with E-state index in [0.717, 1.165) is 60.5 Å². The van der Waals surface area contributed by atoms with Crippen molar-refractivity contribution in [3.8, 4) is 11.3 Å². The van der Waals surface area contributed by atoms with Crippen molar-refractivity contribution in [3.63, 3.8) is 0 Å². The van der Waals surface area contributed by atoms with Crippen LogP contribution in [0.15, 0.2) is 39.2 Å².